The van der Waals surface area contributed by atoms with Gasteiger partial charge in [0.05, 0.1) is 25.4 Å². The number of aromatic nitrogens is 1. The number of pyridine rings is 1. The van der Waals surface area contributed by atoms with Gasteiger partial charge in [-0.15, -0.1) is 0 Å². The summed E-state index contributed by atoms with van der Waals surface area (Å²) in [7, 11) is 0. The molecule has 0 amide bonds. The molecule has 1 saturated heterocycles. The third-order valence-corrected chi connectivity index (χ3v) is 7.13. The van der Waals surface area contributed by atoms with E-state index < -0.39 is 23.2 Å². The van der Waals surface area contributed by atoms with Crippen molar-refractivity contribution >= 4 is 6.47 Å². The molecule has 2 aliphatic rings. The van der Waals surface area contributed by atoms with Crippen molar-refractivity contribution in [1.82, 2.24) is 4.98 Å². The van der Waals surface area contributed by atoms with Gasteiger partial charge in [-0.1, -0.05) is 13.0 Å². The number of carbonyl (C=O) groups is 1. The molecule has 0 radical (unpaired) electrons. The Labute approximate surface area is 234 Å². The van der Waals surface area contributed by atoms with Crippen molar-refractivity contribution in [3.63, 3.8) is 0 Å². The smallest absolute Gasteiger partial charge is 0.417 e. The van der Waals surface area contributed by atoms with E-state index in [4.69, 9.17) is 24.1 Å². The second-order valence-electron chi connectivity index (χ2n) is 10.5. The van der Waals surface area contributed by atoms with Crippen molar-refractivity contribution in [2.24, 2.45) is 5.92 Å². The average Bonchev–Trinajstić information content (AvgIpc) is 3.26. The van der Waals surface area contributed by atoms with Gasteiger partial charge in [-0.05, 0) is 77.8 Å². The Morgan fingerprint density at radius 1 is 1.10 bits per heavy atom. The van der Waals surface area contributed by atoms with Crippen LogP contribution in [0.4, 0.5) is 17.6 Å². The van der Waals surface area contributed by atoms with Gasteiger partial charge in [0.1, 0.15) is 23.8 Å². The SMILES string of the molecule is Cc1cc(OCCC2(O)COC2)ccc1-c1cc(COc2cc3c(cn2)CC(C)C3)c(F)cc1C(F)(F)F.O=CO. The normalized spacial score (nSPS) is 17.1. The minimum absolute atomic E-state index is 0.000598. The highest BCUT2D eigenvalue weighted by atomic mass is 19.4. The molecule has 1 fully saturated rings. The summed E-state index contributed by atoms with van der Waals surface area (Å²) in [6.45, 7) is 4.06. The van der Waals surface area contributed by atoms with Crippen molar-refractivity contribution in [1.29, 1.82) is 0 Å². The molecular formula is C30H31F4NO6. The fourth-order valence-corrected chi connectivity index (χ4v) is 4.99. The Hall–Kier alpha value is -3.70. The lowest BCUT2D eigenvalue weighted by Crippen LogP contribution is -2.50. The van der Waals surface area contributed by atoms with Crippen molar-refractivity contribution in [2.75, 3.05) is 19.8 Å². The maximum absolute atomic E-state index is 14.8. The van der Waals surface area contributed by atoms with Crippen LogP contribution in [-0.2, 0) is 35.2 Å². The van der Waals surface area contributed by atoms with Crippen LogP contribution in [-0.4, -0.2) is 47.1 Å². The Kier molecular flexibility index (Phi) is 9.18. The Balaban J connectivity index is 0.00000124. The zero-order valence-corrected chi connectivity index (χ0v) is 22.6. The first-order valence-corrected chi connectivity index (χ1v) is 13.0. The van der Waals surface area contributed by atoms with Gasteiger partial charge in [-0.25, -0.2) is 9.37 Å². The van der Waals surface area contributed by atoms with Gasteiger partial charge in [0.15, 0.2) is 0 Å². The third kappa shape index (κ3) is 7.34. The number of rotatable bonds is 8. The molecular weight excluding hydrogens is 546 g/mol. The lowest BCUT2D eigenvalue weighted by Gasteiger charge is -2.36. The van der Waals surface area contributed by atoms with Crippen LogP contribution in [0, 0.1) is 18.7 Å². The van der Waals surface area contributed by atoms with Gasteiger partial charge in [0, 0.05) is 24.2 Å². The summed E-state index contributed by atoms with van der Waals surface area (Å²) < 4.78 is 73.0. The number of halogens is 4. The molecule has 0 spiro atoms. The second-order valence-corrected chi connectivity index (χ2v) is 10.5. The number of hydrogen-bond donors (Lipinski definition) is 2. The first kappa shape index (κ1) is 30.3. The largest absolute Gasteiger partial charge is 0.493 e. The molecule has 220 valence electrons. The van der Waals surface area contributed by atoms with Crippen LogP contribution in [0.5, 0.6) is 11.6 Å². The predicted molar refractivity (Wildman–Crippen MR) is 141 cm³/mol. The van der Waals surface area contributed by atoms with E-state index in [1.54, 1.807) is 25.3 Å². The number of ether oxygens (including phenoxy) is 3. The van der Waals surface area contributed by atoms with E-state index in [1.165, 1.54) is 12.1 Å². The molecule has 0 saturated carbocycles. The number of aryl methyl sites for hydroxylation is 1. The third-order valence-electron chi connectivity index (χ3n) is 7.13. The van der Waals surface area contributed by atoms with Gasteiger partial charge in [-0.3, -0.25) is 4.79 Å². The topological polar surface area (TPSA) is 98.1 Å². The fraction of sp³-hybridized carbons (Fsp3) is 0.400. The van der Waals surface area contributed by atoms with Crippen molar-refractivity contribution in [3.05, 3.63) is 76.2 Å². The molecule has 1 aliphatic heterocycles. The number of fused-ring (bicyclic) bond motifs is 1. The Bertz CT molecular complexity index is 1390. The van der Waals surface area contributed by atoms with Crippen LogP contribution < -0.4 is 9.47 Å². The van der Waals surface area contributed by atoms with Crippen molar-refractivity contribution in [3.8, 4) is 22.8 Å². The quantitative estimate of drug-likeness (QED) is 0.260. The van der Waals surface area contributed by atoms with E-state index in [9.17, 15) is 22.7 Å². The van der Waals surface area contributed by atoms with Gasteiger partial charge in [-0.2, -0.15) is 13.2 Å². The van der Waals surface area contributed by atoms with Crippen LogP contribution in [0.2, 0.25) is 0 Å². The van der Waals surface area contributed by atoms with Crippen LogP contribution in [0.3, 0.4) is 0 Å². The molecule has 1 aromatic heterocycles. The zero-order chi connectivity index (χ0) is 29.8. The van der Waals surface area contributed by atoms with Gasteiger partial charge in [0.25, 0.3) is 6.47 Å². The van der Waals surface area contributed by atoms with Crippen molar-refractivity contribution in [2.45, 2.75) is 51.5 Å². The molecule has 1 unspecified atom stereocenters. The fourth-order valence-electron chi connectivity index (χ4n) is 4.99. The Morgan fingerprint density at radius 2 is 1.80 bits per heavy atom. The van der Waals surface area contributed by atoms with Gasteiger partial charge < -0.3 is 24.4 Å². The summed E-state index contributed by atoms with van der Waals surface area (Å²) in [6.07, 6.45) is -0.779. The molecule has 7 nitrogen and oxygen atoms in total. The highest BCUT2D eigenvalue weighted by Crippen LogP contribution is 2.40. The minimum Gasteiger partial charge on any atom is -0.493 e. The van der Waals surface area contributed by atoms with Crippen LogP contribution in [0.25, 0.3) is 11.1 Å². The first-order chi connectivity index (χ1) is 19.4. The van der Waals surface area contributed by atoms with E-state index in [1.807, 2.05) is 6.07 Å². The minimum atomic E-state index is -4.75. The number of carboxylic acid groups (broad SMARTS) is 1. The summed E-state index contributed by atoms with van der Waals surface area (Å²) in [5.41, 5.74) is 1.03. The molecule has 2 heterocycles. The summed E-state index contributed by atoms with van der Waals surface area (Å²) >= 11 is 0. The van der Waals surface area contributed by atoms with Crippen LogP contribution in [0.1, 0.15) is 41.2 Å². The van der Waals surface area contributed by atoms with Crippen LogP contribution >= 0.6 is 0 Å². The summed E-state index contributed by atoms with van der Waals surface area (Å²) in [5.74, 6) is 0.299. The lowest BCUT2D eigenvalue weighted by molar-refractivity contribution is -0.184. The molecule has 0 bridgehead atoms. The van der Waals surface area contributed by atoms with Gasteiger partial charge >= 0.3 is 6.18 Å². The van der Waals surface area contributed by atoms with Crippen molar-refractivity contribution < 1.29 is 46.8 Å². The molecule has 3 aromatic rings. The number of alkyl halides is 3. The van der Waals surface area contributed by atoms with Gasteiger partial charge in [0.2, 0.25) is 5.88 Å². The van der Waals surface area contributed by atoms with E-state index >= 15 is 0 Å². The maximum atomic E-state index is 14.8. The highest BCUT2D eigenvalue weighted by molar-refractivity contribution is 5.73. The Morgan fingerprint density at radius 3 is 2.44 bits per heavy atom. The van der Waals surface area contributed by atoms with E-state index in [2.05, 4.69) is 11.9 Å². The molecule has 2 aromatic carbocycles. The molecule has 1 aliphatic carbocycles. The zero-order valence-electron chi connectivity index (χ0n) is 22.6. The predicted octanol–water partition coefficient (Wildman–Crippen LogP) is 5.76. The number of hydrogen-bond acceptors (Lipinski definition) is 6. The molecule has 5 rings (SSSR count). The monoisotopic (exact) mass is 577 g/mol. The maximum Gasteiger partial charge on any atom is 0.417 e. The molecule has 41 heavy (non-hydrogen) atoms. The first-order valence-electron chi connectivity index (χ1n) is 13.0. The average molecular weight is 578 g/mol. The molecule has 2 N–H and O–H groups in total. The molecule has 11 heteroatoms. The summed E-state index contributed by atoms with van der Waals surface area (Å²) in [4.78, 5) is 12.6. The summed E-state index contributed by atoms with van der Waals surface area (Å²) in [6, 6.07) is 8.27. The number of benzene rings is 2. The van der Waals surface area contributed by atoms with Crippen LogP contribution in [0.15, 0.2) is 42.6 Å². The second kappa shape index (κ2) is 12.4. The lowest BCUT2D eigenvalue weighted by atomic mass is 9.93. The van der Waals surface area contributed by atoms with E-state index in [-0.39, 0.29) is 44.0 Å². The number of nitrogens with zero attached hydrogens (tertiary/aromatic N) is 1. The summed E-state index contributed by atoms with van der Waals surface area (Å²) in [5, 5.41) is 17.0. The number of aliphatic hydroxyl groups is 1. The van der Waals surface area contributed by atoms with E-state index in [0.717, 1.165) is 24.0 Å². The molecule has 1 atom stereocenters. The standard InChI is InChI=1S/C29H29F4NO4.CH2O2/c1-17-7-19-11-27(34-13-20(19)8-17)38-14-21-10-24(25(12-26(21)30)29(31,32)33)23-4-3-22(9-18(23)2)37-6-5-28(35)15-36-16-28;2-1-3/h3-4,9-13,17,35H,5-8,14-16H2,1-2H3;1H,(H,2,3). The highest BCUT2D eigenvalue weighted by Gasteiger charge is 2.36. The van der Waals surface area contributed by atoms with E-state index in [0.29, 0.717) is 41.2 Å².